The van der Waals surface area contributed by atoms with Gasteiger partial charge in [0.25, 0.3) is 0 Å². The van der Waals surface area contributed by atoms with Crippen molar-refractivity contribution in [2.24, 2.45) is 0 Å². The van der Waals surface area contributed by atoms with E-state index >= 15 is 0 Å². The topological polar surface area (TPSA) is 18.5 Å². The molecule has 3 rings (SSSR count). The summed E-state index contributed by atoms with van der Waals surface area (Å²) in [6.45, 7) is 2.08. The van der Waals surface area contributed by atoms with E-state index in [1.807, 2.05) is 36.4 Å². The molecule has 0 atom stereocenters. The molecule has 124 valence electrons. The number of hydrogen-bond donors (Lipinski definition) is 0. The predicted molar refractivity (Wildman–Crippen MR) is 103 cm³/mol. The molecule has 2 nitrogen and oxygen atoms in total. The zero-order valence-electron chi connectivity index (χ0n) is 13.5. The molecule has 24 heavy (non-hydrogen) atoms. The molecular weight excluding hydrogens is 363 g/mol. The van der Waals surface area contributed by atoms with Crippen LogP contribution in [0.3, 0.4) is 0 Å². The van der Waals surface area contributed by atoms with E-state index in [0.29, 0.717) is 10.0 Å². The fourth-order valence-electron chi connectivity index (χ4n) is 2.51. The standard InChI is InChI=1S/C19H16Cl2O2S/c1-11-8-18(14-6-4-12(22-2)9-16(14)20)24-19(11)15-7-5-13(23-3)10-17(15)21/h4-10H,1-3H3. The Kier molecular flexibility index (Phi) is 5.04. The van der Waals surface area contributed by atoms with Crippen molar-refractivity contribution in [1.82, 2.24) is 0 Å². The van der Waals surface area contributed by atoms with Crippen LogP contribution in [0.1, 0.15) is 5.56 Å². The van der Waals surface area contributed by atoms with Crippen LogP contribution in [-0.4, -0.2) is 14.2 Å². The highest BCUT2D eigenvalue weighted by atomic mass is 35.5. The number of thiophene rings is 1. The van der Waals surface area contributed by atoms with Crippen molar-refractivity contribution in [3.63, 3.8) is 0 Å². The Morgan fingerprint density at radius 3 is 1.83 bits per heavy atom. The summed E-state index contributed by atoms with van der Waals surface area (Å²) in [6, 6.07) is 13.6. The first-order valence-electron chi connectivity index (χ1n) is 7.31. The fourth-order valence-corrected chi connectivity index (χ4v) is 4.41. The van der Waals surface area contributed by atoms with Crippen LogP contribution in [0.5, 0.6) is 11.5 Å². The summed E-state index contributed by atoms with van der Waals surface area (Å²) >= 11 is 14.5. The van der Waals surface area contributed by atoms with Crippen molar-refractivity contribution in [2.75, 3.05) is 14.2 Å². The van der Waals surface area contributed by atoms with Gasteiger partial charge in [0.15, 0.2) is 0 Å². The monoisotopic (exact) mass is 378 g/mol. The zero-order valence-corrected chi connectivity index (χ0v) is 15.9. The Bertz CT molecular complexity index is 887. The number of aryl methyl sites for hydroxylation is 1. The van der Waals surface area contributed by atoms with Crippen molar-refractivity contribution in [2.45, 2.75) is 6.92 Å². The van der Waals surface area contributed by atoms with E-state index in [-0.39, 0.29) is 0 Å². The van der Waals surface area contributed by atoms with Gasteiger partial charge in [0.2, 0.25) is 0 Å². The lowest BCUT2D eigenvalue weighted by Gasteiger charge is -2.06. The molecule has 0 radical (unpaired) electrons. The van der Waals surface area contributed by atoms with E-state index in [0.717, 1.165) is 37.9 Å². The number of benzene rings is 2. The minimum absolute atomic E-state index is 0.669. The molecule has 3 aromatic rings. The second-order valence-corrected chi connectivity index (χ2v) is 7.18. The minimum atomic E-state index is 0.669. The SMILES string of the molecule is COc1ccc(-c2cc(C)c(-c3ccc(OC)cc3Cl)s2)c(Cl)c1. The minimum Gasteiger partial charge on any atom is -0.497 e. The normalized spacial score (nSPS) is 10.7. The average Bonchev–Trinajstić information content (AvgIpc) is 2.95. The Labute approximate surface area is 155 Å². The average molecular weight is 379 g/mol. The number of halogens is 2. The summed E-state index contributed by atoms with van der Waals surface area (Å²) in [4.78, 5) is 2.23. The van der Waals surface area contributed by atoms with E-state index in [9.17, 15) is 0 Å². The first kappa shape index (κ1) is 17.2. The number of methoxy groups -OCH3 is 2. The highest BCUT2D eigenvalue weighted by Gasteiger charge is 2.15. The van der Waals surface area contributed by atoms with Gasteiger partial charge in [0, 0.05) is 20.9 Å². The van der Waals surface area contributed by atoms with E-state index in [4.69, 9.17) is 32.7 Å². The second kappa shape index (κ2) is 7.06. The third-order valence-electron chi connectivity index (χ3n) is 3.78. The summed E-state index contributed by atoms with van der Waals surface area (Å²) in [5.41, 5.74) is 3.14. The van der Waals surface area contributed by atoms with Crippen LogP contribution in [0, 0.1) is 6.92 Å². The van der Waals surface area contributed by atoms with Crippen molar-refractivity contribution in [3.8, 4) is 32.4 Å². The van der Waals surface area contributed by atoms with E-state index in [1.165, 1.54) is 0 Å². The van der Waals surface area contributed by atoms with Crippen LogP contribution in [0.2, 0.25) is 10.0 Å². The molecule has 2 aromatic carbocycles. The molecule has 0 saturated carbocycles. The molecule has 1 heterocycles. The molecule has 0 aliphatic heterocycles. The van der Waals surface area contributed by atoms with Gasteiger partial charge in [-0.25, -0.2) is 0 Å². The van der Waals surface area contributed by atoms with Crippen molar-refractivity contribution in [3.05, 3.63) is 58.1 Å². The molecule has 1 aromatic heterocycles. The third kappa shape index (κ3) is 3.25. The number of rotatable bonds is 4. The van der Waals surface area contributed by atoms with Gasteiger partial charge in [0.1, 0.15) is 11.5 Å². The summed E-state index contributed by atoms with van der Waals surface area (Å²) in [7, 11) is 3.26. The lowest BCUT2D eigenvalue weighted by Crippen LogP contribution is -1.84. The number of hydrogen-bond acceptors (Lipinski definition) is 3. The van der Waals surface area contributed by atoms with Crippen LogP contribution in [0.15, 0.2) is 42.5 Å². The molecule has 0 aliphatic rings. The Morgan fingerprint density at radius 2 is 1.33 bits per heavy atom. The maximum atomic E-state index is 6.42. The molecule has 0 N–H and O–H groups in total. The first-order valence-corrected chi connectivity index (χ1v) is 8.89. The zero-order chi connectivity index (χ0) is 17.3. The van der Waals surface area contributed by atoms with Crippen LogP contribution < -0.4 is 9.47 Å². The van der Waals surface area contributed by atoms with Gasteiger partial charge >= 0.3 is 0 Å². The van der Waals surface area contributed by atoms with Gasteiger partial charge < -0.3 is 9.47 Å². The molecular formula is C19H16Cl2O2S. The summed E-state index contributed by atoms with van der Waals surface area (Å²) in [5, 5.41) is 1.34. The highest BCUT2D eigenvalue weighted by molar-refractivity contribution is 7.19. The lowest BCUT2D eigenvalue weighted by molar-refractivity contribution is 0.415. The third-order valence-corrected chi connectivity index (χ3v) is 5.71. The van der Waals surface area contributed by atoms with E-state index in [2.05, 4.69) is 13.0 Å². The van der Waals surface area contributed by atoms with Crippen molar-refractivity contribution < 1.29 is 9.47 Å². The maximum absolute atomic E-state index is 6.42. The summed E-state index contributed by atoms with van der Waals surface area (Å²) in [5.74, 6) is 1.49. The molecule has 0 unspecified atom stereocenters. The van der Waals surface area contributed by atoms with Gasteiger partial charge in [-0.3, -0.25) is 0 Å². The van der Waals surface area contributed by atoms with Gasteiger partial charge in [-0.05, 0) is 55.0 Å². The van der Waals surface area contributed by atoms with Gasteiger partial charge in [-0.2, -0.15) is 0 Å². The quantitative estimate of drug-likeness (QED) is 0.501. The maximum Gasteiger partial charge on any atom is 0.120 e. The fraction of sp³-hybridized carbons (Fsp3) is 0.158. The van der Waals surface area contributed by atoms with Gasteiger partial charge in [-0.15, -0.1) is 11.3 Å². The summed E-state index contributed by atoms with van der Waals surface area (Å²) in [6.07, 6.45) is 0. The lowest BCUT2D eigenvalue weighted by atomic mass is 10.1. The predicted octanol–water partition coefficient (Wildman–Crippen LogP) is 6.71. The Hall–Kier alpha value is -1.68. The first-order chi connectivity index (χ1) is 11.5. The van der Waals surface area contributed by atoms with Gasteiger partial charge in [0.05, 0.1) is 24.3 Å². The van der Waals surface area contributed by atoms with E-state index in [1.54, 1.807) is 25.6 Å². The molecule has 0 bridgehead atoms. The smallest absolute Gasteiger partial charge is 0.120 e. The number of ether oxygens (including phenoxy) is 2. The van der Waals surface area contributed by atoms with Crippen LogP contribution in [-0.2, 0) is 0 Å². The Morgan fingerprint density at radius 1 is 0.792 bits per heavy atom. The van der Waals surface area contributed by atoms with Crippen LogP contribution >= 0.6 is 34.5 Å². The van der Waals surface area contributed by atoms with Crippen molar-refractivity contribution in [1.29, 1.82) is 0 Å². The molecule has 0 amide bonds. The second-order valence-electron chi connectivity index (χ2n) is 5.31. The molecule has 5 heteroatoms. The van der Waals surface area contributed by atoms with E-state index < -0.39 is 0 Å². The van der Waals surface area contributed by atoms with Gasteiger partial charge in [-0.1, -0.05) is 23.2 Å². The molecule has 0 saturated heterocycles. The van der Waals surface area contributed by atoms with Crippen LogP contribution in [0.25, 0.3) is 20.9 Å². The molecule has 0 spiro atoms. The summed E-state index contributed by atoms with van der Waals surface area (Å²) < 4.78 is 10.4. The van der Waals surface area contributed by atoms with Crippen molar-refractivity contribution >= 4 is 34.5 Å². The molecule has 0 fully saturated rings. The highest BCUT2D eigenvalue weighted by Crippen LogP contribution is 2.43. The van der Waals surface area contributed by atoms with Crippen LogP contribution in [0.4, 0.5) is 0 Å². The molecule has 0 aliphatic carbocycles. The largest absolute Gasteiger partial charge is 0.497 e. The Balaban J connectivity index is 2.05.